The molecule has 39 heavy (non-hydrogen) atoms. The number of para-hydroxylation sites is 1. The summed E-state index contributed by atoms with van der Waals surface area (Å²) in [6.07, 6.45) is 1.00. The molecule has 1 N–H and O–H groups in total. The minimum atomic E-state index is -0.549. The van der Waals surface area contributed by atoms with Gasteiger partial charge in [-0.15, -0.1) is 10.2 Å². The van der Waals surface area contributed by atoms with Crippen LogP contribution in [0.3, 0.4) is 0 Å². The predicted octanol–water partition coefficient (Wildman–Crippen LogP) is 7.66. The molecule has 198 valence electrons. The topological polar surface area (TPSA) is 85.4 Å². The minimum absolute atomic E-state index is 0.0551. The summed E-state index contributed by atoms with van der Waals surface area (Å²) < 4.78 is 13.2. The van der Waals surface area contributed by atoms with Crippen molar-refractivity contribution in [1.29, 1.82) is 0 Å². The molecule has 0 unspecified atom stereocenters. The summed E-state index contributed by atoms with van der Waals surface area (Å²) in [6, 6.07) is 28.9. The number of amides is 1. The van der Waals surface area contributed by atoms with Crippen LogP contribution in [-0.4, -0.2) is 28.8 Å². The Morgan fingerprint density at radius 3 is 2.38 bits per heavy atom. The molecule has 7 heteroatoms. The lowest BCUT2D eigenvalue weighted by atomic mass is 10.1. The van der Waals surface area contributed by atoms with E-state index >= 15 is 0 Å². The van der Waals surface area contributed by atoms with Gasteiger partial charge in [-0.2, -0.15) is 0 Å². The molecule has 5 aromatic rings. The van der Waals surface area contributed by atoms with Crippen molar-refractivity contribution in [2.45, 2.75) is 26.8 Å². The number of nitrogens with zero attached hydrogens (tertiary/aromatic N) is 3. The first-order valence-electron chi connectivity index (χ1n) is 13.1. The average Bonchev–Trinajstić information content (AvgIpc) is 3.21. The van der Waals surface area contributed by atoms with E-state index in [0.717, 1.165) is 34.0 Å². The monoisotopic (exact) mass is 521 g/mol. The van der Waals surface area contributed by atoms with Crippen LogP contribution in [0.1, 0.15) is 25.8 Å². The van der Waals surface area contributed by atoms with E-state index in [2.05, 4.69) is 24.1 Å². The quantitative estimate of drug-likeness (QED) is 0.191. The van der Waals surface area contributed by atoms with Gasteiger partial charge in [-0.3, -0.25) is 4.79 Å². The largest absolute Gasteiger partial charge is 0.494 e. The fourth-order valence-electron chi connectivity index (χ4n) is 4.35. The molecule has 0 aliphatic rings. The maximum Gasteiger partial charge on any atom is 0.302 e. The van der Waals surface area contributed by atoms with Gasteiger partial charge in [0.2, 0.25) is 5.88 Å². The molecule has 0 spiro atoms. The van der Waals surface area contributed by atoms with Gasteiger partial charge in [-0.25, -0.2) is 0 Å². The summed E-state index contributed by atoms with van der Waals surface area (Å²) in [4.78, 5) is 12.5. The van der Waals surface area contributed by atoms with Gasteiger partial charge in [0, 0.05) is 5.39 Å². The zero-order chi connectivity index (χ0) is 27.2. The lowest BCUT2D eigenvalue weighted by Crippen LogP contribution is -2.07. The van der Waals surface area contributed by atoms with Crippen LogP contribution in [0.4, 0.5) is 5.69 Å². The Morgan fingerprint density at radius 1 is 0.872 bits per heavy atom. The number of aromatic hydroxyl groups is 1. The van der Waals surface area contributed by atoms with Crippen LogP contribution in [0.5, 0.6) is 17.4 Å². The number of azo groups is 1. The van der Waals surface area contributed by atoms with Gasteiger partial charge < -0.3 is 19.1 Å². The van der Waals surface area contributed by atoms with Crippen molar-refractivity contribution in [2.24, 2.45) is 16.1 Å². The van der Waals surface area contributed by atoms with Crippen LogP contribution in [0.15, 0.2) is 101 Å². The fraction of sp³-hybridized carbons (Fsp3) is 0.219. The number of aromatic nitrogens is 1. The van der Waals surface area contributed by atoms with Crippen molar-refractivity contribution in [1.82, 2.24) is 4.57 Å². The van der Waals surface area contributed by atoms with Gasteiger partial charge >= 0.3 is 5.91 Å². The van der Waals surface area contributed by atoms with E-state index in [0.29, 0.717) is 30.2 Å². The van der Waals surface area contributed by atoms with Crippen molar-refractivity contribution in [3.05, 3.63) is 96.6 Å². The van der Waals surface area contributed by atoms with Crippen molar-refractivity contribution < 1.29 is 19.4 Å². The molecule has 0 radical (unpaired) electrons. The highest BCUT2D eigenvalue weighted by Gasteiger charge is 2.17. The van der Waals surface area contributed by atoms with Gasteiger partial charge in [-0.05, 0) is 59.0 Å². The summed E-state index contributed by atoms with van der Waals surface area (Å²) in [5, 5.41) is 21.8. The second-order valence-corrected chi connectivity index (χ2v) is 9.84. The van der Waals surface area contributed by atoms with Gasteiger partial charge in [0.1, 0.15) is 11.5 Å². The number of ether oxygens (including phenoxy) is 2. The standard InChI is InChI=1S/C32H31N3O4/c1-22(2)17-18-38-26-14-11-23(12-15-26)20-35-29-10-6-5-9-28(29)31(32(35)37)34-33-30(36)21-39-27-16-13-24-7-3-4-8-25(24)19-27/h3-16,19,22,37H,17-18,20-21H2,1-2H3. The first kappa shape index (κ1) is 26.0. The number of carbonyl (C=O) groups is 1. The SMILES string of the molecule is CC(C)CCOc1ccc(Cn2c(O)c(N=NC(=O)COc3ccc4ccccc4c3)c3ccccc32)cc1. The second-order valence-electron chi connectivity index (χ2n) is 9.84. The van der Waals surface area contributed by atoms with Crippen LogP contribution >= 0.6 is 0 Å². The first-order valence-corrected chi connectivity index (χ1v) is 13.1. The Morgan fingerprint density at radius 2 is 1.59 bits per heavy atom. The van der Waals surface area contributed by atoms with E-state index in [-0.39, 0.29) is 18.2 Å². The van der Waals surface area contributed by atoms with E-state index in [4.69, 9.17) is 9.47 Å². The highest BCUT2D eigenvalue weighted by Crippen LogP contribution is 2.39. The average molecular weight is 522 g/mol. The molecule has 1 amide bonds. The van der Waals surface area contributed by atoms with Crippen molar-refractivity contribution >= 4 is 33.3 Å². The number of fused-ring (bicyclic) bond motifs is 2. The molecule has 0 fully saturated rings. The zero-order valence-electron chi connectivity index (χ0n) is 22.1. The molecule has 0 bridgehead atoms. The molecule has 0 aliphatic heterocycles. The molecule has 7 nitrogen and oxygen atoms in total. The van der Waals surface area contributed by atoms with Crippen LogP contribution in [-0.2, 0) is 11.3 Å². The Hall–Kier alpha value is -4.65. The third-order valence-corrected chi connectivity index (χ3v) is 6.49. The van der Waals surface area contributed by atoms with Gasteiger partial charge in [0.15, 0.2) is 12.3 Å². The highest BCUT2D eigenvalue weighted by atomic mass is 16.5. The Bertz CT molecular complexity index is 1620. The van der Waals surface area contributed by atoms with E-state index in [1.54, 1.807) is 4.57 Å². The molecule has 0 saturated heterocycles. The summed E-state index contributed by atoms with van der Waals surface area (Å²) in [7, 11) is 0. The van der Waals surface area contributed by atoms with Gasteiger partial charge in [-0.1, -0.05) is 74.5 Å². The van der Waals surface area contributed by atoms with Crippen molar-refractivity contribution in [2.75, 3.05) is 13.2 Å². The Kier molecular flexibility index (Phi) is 7.87. The van der Waals surface area contributed by atoms with Crippen LogP contribution < -0.4 is 9.47 Å². The molecule has 4 aromatic carbocycles. The number of hydrogen-bond acceptors (Lipinski definition) is 5. The highest BCUT2D eigenvalue weighted by molar-refractivity contribution is 5.95. The summed E-state index contributed by atoms with van der Waals surface area (Å²) in [5.74, 6) is 1.38. The normalized spacial score (nSPS) is 11.6. The van der Waals surface area contributed by atoms with E-state index in [9.17, 15) is 9.90 Å². The van der Waals surface area contributed by atoms with Crippen LogP contribution in [0, 0.1) is 5.92 Å². The van der Waals surface area contributed by atoms with Gasteiger partial charge in [0.05, 0.1) is 18.7 Å². The van der Waals surface area contributed by atoms with Gasteiger partial charge in [0.25, 0.3) is 0 Å². The molecule has 0 aliphatic carbocycles. The fourth-order valence-corrected chi connectivity index (χ4v) is 4.35. The molecule has 1 aromatic heterocycles. The zero-order valence-corrected chi connectivity index (χ0v) is 22.1. The molecule has 1 heterocycles. The lowest BCUT2D eigenvalue weighted by molar-refractivity contribution is -0.120. The van der Waals surface area contributed by atoms with E-state index in [1.165, 1.54) is 0 Å². The number of benzene rings is 4. The second kappa shape index (κ2) is 11.8. The third-order valence-electron chi connectivity index (χ3n) is 6.49. The van der Waals surface area contributed by atoms with Crippen molar-refractivity contribution in [3.63, 3.8) is 0 Å². The van der Waals surface area contributed by atoms with Crippen LogP contribution in [0.25, 0.3) is 21.7 Å². The summed E-state index contributed by atoms with van der Waals surface area (Å²) in [5.41, 5.74) is 2.03. The molecule has 0 saturated carbocycles. The minimum Gasteiger partial charge on any atom is -0.494 e. The third kappa shape index (κ3) is 6.26. The maximum atomic E-state index is 12.5. The lowest BCUT2D eigenvalue weighted by Gasteiger charge is -2.10. The van der Waals surface area contributed by atoms with Crippen molar-refractivity contribution in [3.8, 4) is 17.4 Å². The number of hydrogen-bond donors (Lipinski definition) is 1. The van der Waals surface area contributed by atoms with Crippen LogP contribution in [0.2, 0.25) is 0 Å². The summed E-state index contributed by atoms with van der Waals surface area (Å²) >= 11 is 0. The Balaban J connectivity index is 1.28. The molecular weight excluding hydrogens is 490 g/mol. The van der Waals surface area contributed by atoms with E-state index < -0.39 is 5.91 Å². The maximum absolute atomic E-state index is 12.5. The molecule has 0 atom stereocenters. The first-order chi connectivity index (χ1) is 19.0. The Labute approximate surface area is 227 Å². The van der Waals surface area contributed by atoms with E-state index in [1.807, 2.05) is 91.0 Å². The molecule has 5 rings (SSSR count). The summed E-state index contributed by atoms with van der Waals surface area (Å²) in [6.45, 7) is 5.19. The number of carbonyl (C=O) groups excluding carboxylic acids is 1. The smallest absolute Gasteiger partial charge is 0.302 e. The molecular formula is C32H31N3O4. The number of rotatable bonds is 10. The predicted molar refractivity (Wildman–Crippen MR) is 153 cm³/mol.